The first kappa shape index (κ1) is 20.4. The Labute approximate surface area is 171 Å². The molecule has 0 fully saturated rings. The van der Waals surface area contributed by atoms with Gasteiger partial charge in [-0.05, 0) is 43.2 Å². The Kier molecular flexibility index (Phi) is 6.16. The fourth-order valence-electron chi connectivity index (χ4n) is 3.23. The van der Waals surface area contributed by atoms with Gasteiger partial charge in [-0.1, -0.05) is 19.1 Å². The lowest BCUT2D eigenvalue weighted by Crippen LogP contribution is -2.24. The third kappa shape index (κ3) is 4.23. The summed E-state index contributed by atoms with van der Waals surface area (Å²) in [5, 5.41) is 2.96. The predicted molar refractivity (Wildman–Crippen MR) is 116 cm³/mol. The van der Waals surface area contributed by atoms with Crippen LogP contribution in [0.3, 0.4) is 0 Å². The van der Waals surface area contributed by atoms with Crippen molar-refractivity contribution in [3.63, 3.8) is 0 Å². The van der Waals surface area contributed by atoms with Crippen LogP contribution in [0.2, 0.25) is 0 Å². The molecule has 2 heterocycles. The highest BCUT2D eigenvalue weighted by Crippen LogP contribution is 2.23. The molecular formula is C22H27N5O2. The Morgan fingerprint density at radius 1 is 1.14 bits per heavy atom. The number of nitrogens with one attached hydrogen (secondary N) is 1. The van der Waals surface area contributed by atoms with Crippen molar-refractivity contribution >= 4 is 29.5 Å². The van der Waals surface area contributed by atoms with Crippen LogP contribution in [0.5, 0.6) is 0 Å². The van der Waals surface area contributed by atoms with Gasteiger partial charge >= 0.3 is 0 Å². The fraction of sp³-hybridized carbons (Fsp3) is 0.318. The fourth-order valence-corrected chi connectivity index (χ4v) is 3.23. The highest BCUT2D eigenvalue weighted by atomic mass is 16.1. The quantitative estimate of drug-likeness (QED) is 0.598. The van der Waals surface area contributed by atoms with Crippen molar-refractivity contribution in [2.75, 3.05) is 30.4 Å². The summed E-state index contributed by atoms with van der Waals surface area (Å²) in [6, 6.07) is 11.6. The van der Waals surface area contributed by atoms with E-state index in [0.717, 1.165) is 23.4 Å². The van der Waals surface area contributed by atoms with Crippen molar-refractivity contribution in [1.29, 1.82) is 0 Å². The SMILES string of the molecule is CCc1nc2ccc(C(=O)NCc3ccc(N(C)C)cc3)cn2c1N(C=O)CC. The van der Waals surface area contributed by atoms with Gasteiger partial charge in [-0.15, -0.1) is 0 Å². The molecule has 7 nitrogen and oxygen atoms in total. The van der Waals surface area contributed by atoms with Crippen molar-refractivity contribution in [1.82, 2.24) is 14.7 Å². The Bertz CT molecular complexity index is 1010. The van der Waals surface area contributed by atoms with Crippen LogP contribution in [0.1, 0.15) is 35.5 Å². The van der Waals surface area contributed by atoms with Crippen LogP contribution in [0.15, 0.2) is 42.6 Å². The first-order chi connectivity index (χ1) is 14.0. The van der Waals surface area contributed by atoms with Crippen LogP contribution in [0.4, 0.5) is 11.5 Å². The van der Waals surface area contributed by atoms with Gasteiger partial charge in [0.1, 0.15) is 11.5 Å². The number of aryl methyl sites for hydroxylation is 1. The van der Waals surface area contributed by atoms with E-state index in [1.54, 1.807) is 17.2 Å². The Morgan fingerprint density at radius 2 is 1.86 bits per heavy atom. The van der Waals surface area contributed by atoms with E-state index in [9.17, 15) is 9.59 Å². The van der Waals surface area contributed by atoms with Crippen molar-refractivity contribution in [2.24, 2.45) is 0 Å². The van der Waals surface area contributed by atoms with Crippen LogP contribution in [-0.2, 0) is 17.8 Å². The number of anilines is 2. The van der Waals surface area contributed by atoms with Crippen molar-refractivity contribution < 1.29 is 9.59 Å². The van der Waals surface area contributed by atoms with Crippen LogP contribution in [0, 0.1) is 0 Å². The number of imidazole rings is 1. The van der Waals surface area contributed by atoms with E-state index in [2.05, 4.69) is 10.3 Å². The normalized spacial score (nSPS) is 10.8. The lowest BCUT2D eigenvalue weighted by Gasteiger charge is -2.16. The molecule has 0 aliphatic carbocycles. The number of rotatable bonds is 8. The van der Waals surface area contributed by atoms with Gasteiger partial charge in [-0.3, -0.25) is 18.9 Å². The summed E-state index contributed by atoms with van der Waals surface area (Å²) in [4.78, 5) is 32.4. The molecule has 0 atom stereocenters. The maximum absolute atomic E-state index is 12.7. The lowest BCUT2D eigenvalue weighted by molar-refractivity contribution is -0.107. The summed E-state index contributed by atoms with van der Waals surface area (Å²) in [5.74, 6) is 0.546. The number of carbonyl (C=O) groups excluding carboxylic acids is 2. The molecule has 7 heteroatoms. The zero-order chi connectivity index (χ0) is 21.0. The molecule has 1 aromatic carbocycles. The molecule has 2 aromatic heterocycles. The first-order valence-electron chi connectivity index (χ1n) is 9.75. The molecule has 152 valence electrons. The molecule has 0 bridgehead atoms. The van der Waals surface area contributed by atoms with Crippen LogP contribution in [0.25, 0.3) is 5.65 Å². The number of fused-ring (bicyclic) bond motifs is 1. The summed E-state index contributed by atoms with van der Waals surface area (Å²) < 4.78 is 1.82. The number of hydrogen-bond donors (Lipinski definition) is 1. The summed E-state index contributed by atoms with van der Waals surface area (Å²) in [6.45, 7) is 4.88. The summed E-state index contributed by atoms with van der Waals surface area (Å²) in [6.07, 6.45) is 3.24. The first-order valence-corrected chi connectivity index (χ1v) is 9.75. The second-order valence-corrected chi connectivity index (χ2v) is 7.02. The molecule has 3 aromatic rings. The highest BCUT2D eigenvalue weighted by Gasteiger charge is 2.17. The molecule has 0 saturated heterocycles. The van der Waals surface area contributed by atoms with Crippen LogP contribution < -0.4 is 15.1 Å². The maximum atomic E-state index is 12.7. The second kappa shape index (κ2) is 8.77. The topological polar surface area (TPSA) is 70.0 Å². The van der Waals surface area contributed by atoms with Gasteiger partial charge < -0.3 is 10.2 Å². The Hall–Kier alpha value is -3.35. The number of hydrogen-bond acceptors (Lipinski definition) is 4. The molecule has 0 unspecified atom stereocenters. The van der Waals surface area contributed by atoms with Crippen molar-refractivity contribution in [3.05, 3.63) is 59.4 Å². The van der Waals surface area contributed by atoms with Crippen molar-refractivity contribution in [3.8, 4) is 0 Å². The maximum Gasteiger partial charge on any atom is 0.253 e. The average molecular weight is 393 g/mol. The molecule has 3 rings (SSSR count). The van der Waals surface area contributed by atoms with Crippen molar-refractivity contribution in [2.45, 2.75) is 26.8 Å². The second-order valence-electron chi connectivity index (χ2n) is 7.02. The number of carbonyl (C=O) groups is 2. The molecule has 2 amide bonds. The standard InChI is InChI=1S/C22H27N5O2/c1-5-19-22(26(6-2)15-28)27-14-17(9-12-20(27)24-19)21(29)23-13-16-7-10-18(11-8-16)25(3)4/h7-12,14-15H,5-6,13H2,1-4H3,(H,23,29). The van der Waals surface area contributed by atoms with E-state index in [1.807, 2.05) is 67.6 Å². The third-order valence-corrected chi connectivity index (χ3v) is 4.91. The summed E-state index contributed by atoms with van der Waals surface area (Å²) in [7, 11) is 3.98. The highest BCUT2D eigenvalue weighted by molar-refractivity contribution is 5.94. The zero-order valence-electron chi connectivity index (χ0n) is 17.3. The number of nitrogens with zero attached hydrogens (tertiary/aromatic N) is 4. The Morgan fingerprint density at radius 3 is 2.45 bits per heavy atom. The molecule has 29 heavy (non-hydrogen) atoms. The van der Waals surface area contributed by atoms with E-state index >= 15 is 0 Å². The minimum atomic E-state index is -0.171. The lowest BCUT2D eigenvalue weighted by atomic mass is 10.2. The van der Waals surface area contributed by atoms with Gasteiger partial charge in [-0.25, -0.2) is 4.98 Å². The largest absolute Gasteiger partial charge is 0.378 e. The average Bonchev–Trinajstić information content (AvgIpc) is 3.11. The van der Waals surface area contributed by atoms with E-state index in [4.69, 9.17) is 0 Å². The van der Waals surface area contributed by atoms with Gasteiger partial charge in [0.2, 0.25) is 6.41 Å². The van der Waals surface area contributed by atoms with Crippen LogP contribution in [-0.4, -0.2) is 42.3 Å². The number of benzene rings is 1. The molecule has 0 aliphatic rings. The van der Waals surface area contributed by atoms with E-state index in [-0.39, 0.29) is 5.91 Å². The number of aromatic nitrogens is 2. The minimum Gasteiger partial charge on any atom is -0.378 e. The van der Waals surface area contributed by atoms with E-state index in [1.165, 1.54) is 0 Å². The summed E-state index contributed by atoms with van der Waals surface area (Å²) >= 11 is 0. The molecule has 0 spiro atoms. The molecular weight excluding hydrogens is 366 g/mol. The molecule has 0 radical (unpaired) electrons. The molecule has 0 aliphatic heterocycles. The smallest absolute Gasteiger partial charge is 0.253 e. The molecule has 0 saturated carbocycles. The predicted octanol–water partition coefficient (Wildman–Crippen LogP) is 2.88. The van der Waals surface area contributed by atoms with Gasteiger partial charge in [0.25, 0.3) is 5.91 Å². The minimum absolute atomic E-state index is 0.171. The van der Waals surface area contributed by atoms with Gasteiger partial charge in [0.05, 0.1) is 11.3 Å². The van der Waals surface area contributed by atoms with Gasteiger partial charge in [-0.2, -0.15) is 0 Å². The van der Waals surface area contributed by atoms with E-state index < -0.39 is 0 Å². The Balaban J connectivity index is 1.82. The number of pyridine rings is 1. The monoisotopic (exact) mass is 393 g/mol. The van der Waals surface area contributed by atoms with Crippen LogP contribution >= 0.6 is 0 Å². The molecule has 1 N–H and O–H groups in total. The zero-order valence-corrected chi connectivity index (χ0v) is 17.3. The third-order valence-electron chi connectivity index (χ3n) is 4.91. The number of amides is 2. The summed E-state index contributed by atoms with van der Waals surface area (Å²) in [5.41, 5.74) is 4.21. The van der Waals surface area contributed by atoms with Gasteiger partial charge in [0.15, 0.2) is 0 Å². The van der Waals surface area contributed by atoms with E-state index in [0.29, 0.717) is 36.5 Å². The van der Waals surface area contributed by atoms with Gasteiger partial charge in [0, 0.05) is 39.1 Å².